The van der Waals surface area contributed by atoms with Crippen LogP contribution in [0, 0.1) is 0 Å². The van der Waals surface area contributed by atoms with Gasteiger partial charge in [-0.3, -0.25) is 14.4 Å². The van der Waals surface area contributed by atoms with Gasteiger partial charge in [-0.15, -0.1) is 0 Å². The summed E-state index contributed by atoms with van der Waals surface area (Å²) in [5.74, 6) is -0.880. The highest BCUT2D eigenvalue weighted by Crippen LogP contribution is 2.17. The van der Waals surface area contributed by atoms with Gasteiger partial charge in [-0.25, -0.2) is 0 Å². The number of unbranched alkanes of at least 4 members (excludes halogenated alkanes) is 34. The summed E-state index contributed by atoms with van der Waals surface area (Å²) in [5, 5.41) is 0. The largest absolute Gasteiger partial charge is 0.462 e. The van der Waals surface area contributed by atoms with Crippen LogP contribution in [0.15, 0.2) is 109 Å². The molecular formula is C76H130O6. The molecule has 0 radical (unpaired) electrons. The van der Waals surface area contributed by atoms with Crippen LogP contribution in [0.25, 0.3) is 0 Å². The number of carbonyl (C=O) groups is 3. The maximum Gasteiger partial charge on any atom is 0.306 e. The fourth-order valence-electron chi connectivity index (χ4n) is 9.88. The molecule has 0 N–H and O–H groups in total. The van der Waals surface area contributed by atoms with Crippen molar-refractivity contribution >= 4 is 17.9 Å². The molecule has 0 saturated carbocycles. The molecule has 0 aromatic carbocycles. The standard InChI is InChI=1S/C76H130O6/c1-4-7-10-13-16-19-22-25-28-31-34-36-37-38-39-41-42-45-48-51-54-57-60-63-66-69-75(78)81-72-73(71-80-74(77)68-65-62-59-56-53-50-47-44-33-30-27-24-21-18-15-12-9-6-3)82-76(79)70-67-64-61-58-55-52-49-46-43-40-35-32-29-26-23-20-17-14-11-8-5-2/h7-8,10-11,16-17,19-20,25-26,28-29,34-36,38-40,73H,4-6,9,12-15,18,21-24,27,30-33,37,41-72H2,1-3H3/b10-7-,11-8-,19-16-,20-17-,28-25-,29-26-,36-34-,39-38-,40-35-. The van der Waals surface area contributed by atoms with Crippen molar-refractivity contribution in [1.82, 2.24) is 0 Å². The molecule has 0 saturated heterocycles. The van der Waals surface area contributed by atoms with E-state index < -0.39 is 6.10 Å². The van der Waals surface area contributed by atoms with Crippen LogP contribution in [0.2, 0.25) is 0 Å². The molecule has 0 aromatic rings. The highest BCUT2D eigenvalue weighted by molar-refractivity contribution is 5.71. The van der Waals surface area contributed by atoms with Crippen LogP contribution < -0.4 is 0 Å². The van der Waals surface area contributed by atoms with Crippen molar-refractivity contribution in [1.29, 1.82) is 0 Å². The first kappa shape index (κ1) is 78.1. The van der Waals surface area contributed by atoms with Crippen molar-refractivity contribution in [3.05, 3.63) is 109 Å². The lowest BCUT2D eigenvalue weighted by atomic mass is 10.0. The summed E-state index contributed by atoms with van der Waals surface area (Å²) in [5.41, 5.74) is 0. The van der Waals surface area contributed by atoms with E-state index in [2.05, 4.69) is 130 Å². The number of rotatable bonds is 63. The molecule has 1 unspecified atom stereocenters. The molecule has 0 fully saturated rings. The maximum absolute atomic E-state index is 13.0. The number of esters is 3. The highest BCUT2D eigenvalue weighted by atomic mass is 16.6. The maximum atomic E-state index is 13.0. The van der Waals surface area contributed by atoms with Crippen molar-refractivity contribution in [2.75, 3.05) is 13.2 Å². The molecule has 0 spiro atoms. The Hall–Kier alpha value is -3.93. The third kappa shape index (κ3) is 66.9. The van der Waals surface area contributed by atoms with Crippen LogP contribution in [0.3, 0.4) is 0 Å². The lowest BCUT2D eigenvalue weighted by molar-refractivity contribution is -0.167. The first-order valence-electron chi connectivity index (χ1n) is 34.9. The summed E-state index contributed by atoms with van der Waals surface area (Å²) in [6.45, 7) is 6.45. The minimum absolute atomic E-state index is 0.0808. The Balaban J connectivity index is 4.39. The molecule has 0 aliphatic heterocycles. The van der Waals surface area contributed by atoms with E-state index in [9.17, 15) is 14.4 Å². The van der Waals surface area contributed by atoms with Crippen molar-refractivity contribution in [2.45, 2.75) is 341 Å². The van der Waals surface area contributed by atoms with E-state index >= 15 is 0 Å². The summed E-state index contributed by atoms with van der Waals surface area (Å²) in [6.07, 6.45) is 95.3. The van der Waals surface area contributed by atoms with E-state index in [0.29, 0.717) is 19.3 Å². The van der Waals surface area contributed by atoms with Gasteiger partial charge in [-0.1, -0.05) is 323 Å². The van der Waals surface area contributed by atoms with Gasteiger partial charge in [-0.05, 0) is 103 Å². The number of hydrogen-bond donors (Lipinski definition) is 0. The van der Waals surface area contributed by atoms with Gasteiger partial charge >= 0.3 is 17.9 Å². The van der Waals surface area contributed by atoms with Crippen LogP contribution in [-0.2, 0) is 28.6 Å². The second kappa shape index (κ2) is 69.6. The van der Waals surface area contributed by atoms with E-state index in [1.54, 1.807) is 0 Å². The minimum atomic E-state index is -0.787. The van der Waals surface area contributed by atoms with Crippen molar-refractivity contribution in [3.63, 3.8) is 0 Å². The van der Waals surface area contributed by atoms with Gasteiger partial charge in [0, 0.05) is 19.3 Å². The average molecular weight is 1140 g/mol. The monoisotopic (exact) mass is 1140 g/mol. The second-order valence-corrected chi connectivity index (χ2v) is 23.0. The number of hydrogen-bond acceptors (Lipinski definition) is 6. The van der Waals surface area contributed by atoms with E-state index in [1.807, 2.05) is 0 Å². The summed E-state index contributed by atoms with van der Waals surface area (Å²) in [7, 11) is 0. The normalized spacial score (nSPS) is 12.8. The van der Waals surface area contributed by atoms with Crippen LogP contribution in [0.4, 0.5) is 0 Å². The number of ether oxygens (including phenoxy) is 3. The smallest absolute Gasteiger partial charge is 0.306 e. The summed E-state index contributed by atoms with van der Waals surface area (Å²) >= 11 is 0. The fourth-order valence-corrected chi connectivity index (χ4v) is 9.88. The molecule has 0 rings (SSSR count). The Morgan fingerprint density at radius 1 is 0.256 bits per heavy atom. The van der Waals surface area contributed by atoms with Gasteiger partial charge in [0.05, 0.1) is 0 Å². The van der Waals surface area contributed by atoms with Crippen molar-refractivity contribution in [3.8, 4) is 0 Å². The van der Waals surface area contributed by atoms with Gasteiger partial charge in [0.2, 0.25) is 0 Å². The zero-order valence-electron chi connectivity index (χ0n) is 54.0. The van der Waals surface area contributed by atoms with Crippen LogP contribution in [0.5, 0.6) is 0 Å². The molecule has 6 nitrogen and oxygen atoms in total. The second-order valence-electron chi connectivity index (χ2n) is 23.0. The Morgan fingerprint density at radius 3 is 0.744 bits per heavy atom. The first-order valence-corrected chi connectivity index (χ1v) is 34.9. The molecule has 0 aliphatic carbocycles. The van der Waals surface area contributed by atoms with E-state index in [4.69, 9.17) is 14.2 Å². The lowest BCUT2D eigenvalue weighted by Crippen LogP contribution is -2.30. The Bertz CT molecular complexity index is 1640. The molecule has 0 heterocycles. The predicted molar refractivity (Wildman–Crippen MR) is 357 cm³/mol. The van der Waals surface area contributed by atoms with Gasteiger partial charge in [0.25, 0.3) is 0 Å². The third-order valence-electron chi connectivity index (χ3n) is 15.0. The van der Waals surface area contributed by atoms with Gasteiger partial charge in [-0.2, -0.15) is 0 Å². The Kier molecular flexibility index (Phi) is 66.2. The van der Waals surface area contributed by atoms with Gasteiger partial charge < -0.3 is 14.2 Å². The summed E-state index contributed by atoms with van der Waals surface area (Å²) in [4.78, 5) is 38.5. The topological polar surface area (TPSA) is 78.9 Å². The molecule has 0 aromatic heterocycles. The fraction of sp³-hybridized carbons (Fsp3) is 0.724. The number of carbonyl (C=O) groups excluding carboxylic acids is 3. The van der Waals surface area contributed by atoms with Gasteiger partial charge in [0.1, 0.15) is 13.2 Å². The molecule has 1 atom stereocenters. The minimum Gasteiger partial charge on any atom is -0.462 e. The Labute approximate surface area is 508 Å². The summed E-state index contributed by atoms with van der Waals surface area (Å²) < 4.78 is 17.0. The zero-order valence-corrected chi connectivity index (χ0v) is 54.0. The first-order chi connectivity index (χ1) is 40.5. The highest BCUT2D eigenvalue weighted by Gasteiger charge is 2.19. The molecular weight excluding hydrogens is 1010 g/mol. The van der Waals surface area contributed by atoms with E-state index in [0.717, 1.165) is 128 Å². The van der Waals surface area contributed by atoms with Crippen LogP contribution in [-0.4, -0.2) is 37.2 Å². The van der Waals surface area contributed by atoms with Gasteiger partial charge in [0.15, 0.2) is 6.10 Å². The molecule has 0 aliphatic rings. The predicted octanol–water partition coefficient (Wildman–Crippen LogP) is 24.2. The molecule has 6 heteroatoms. The SMILES string of the molecule is CC/C=C\C/C=C\C/C=C\C/C=C\C/C=C\CCCCCCCCCCCC(=O)OCC(COC(=O)CCCCCCCCCCCCCCCCCCCC)OC(=O)CCCCCCCCCC/C=C\C/C=C\C/C=C\C/C=C\CC. The van der Waals surface area contributed by atoms with E-state index in [-0.39, 0.29) is 31.1 Å². The van der Waals surface area contributed by atoms with Crippen LogP contribution >= 0.6 is 0 Å². The lowest BCUT2D eigenvalue weighted by Gasteiger charge is -2.18. The quantitative estimate of drug-likeness (QED) is 0.0261. The molecule has 0 amide bonds. The van der Waals surface area contributed by atoms with Crippen molar-refractivity contribution < 1.29 is 28.6 Å². The average Bonchev–Trinajstić information content (AvgIpc) is 3.47. The van der Waals surface area contributed by atoms with Crippen LogP contribution in [0.1, 0.15) is 335 Å². The number of allylic oxidation sites excluding steroid dienone is 18. The molecule has 0 bridgehead atoms. The summed E-state index contributed by atoms with van der Waals surface area (Å²) in [6, 6.07) is 0. The molecule has 82 heavy (non-hydrogen) atoms. The van der Waals surface area contributed by atoms with Crippen molar-refractivity contribution in [2.24, 2.45) is 0 Å². The molecule has 470 valence electrons. The Morgan fingerprint density at radius 2 is 0.476 bits per heavy atom. The zero-order chi connectivity index (χ0) is 59.2. The van der Waals surface area contributed by atoms with E-state index in [1.165, 1.54) is 167 Å². The third-order valence-corrected chi connectivity index (χ3v) is 15.0.